The minimum Gasteiger partial charge on any atom is -0.411 e. The Morgan fingerprint density at radius 3 is 2.67 bits per heavy atom. The Hall–Kier alpha value is -1.52. The molecule has 0 aliphatic rings. The molecule has 12 heavy (non-hydrogen) atoms. The fourth-order valence-corrected chi connectivity index (χ4v) is 0.736. The molecule has 0 aromatic carbocycles. The molecule has 3 nitrogen and oxygen atoms in total. The lowest BCUT2D eigenvalue weighted by molar-refractivity contribution is 0.318. The van der Waals surface area contributed by atoms with Gasteiger partial charge in [-0.1, -0.05) is 5.16 Å². The molecule has 0 amide bonds. The highest BCUT2D eigenvalue weighted by Gasteiger charge is 2.07. The molecule has 0 bridgehead atoms. The number of hydrogen-bond donors (Lipinski definition) is 1. The van der Waals surface area contributed by atoms with Crippen LogP contribution in [0.15, 0.2) is 17.3 Å². The van der Waals surface area contributed by atoms with E-state index in [9.17, 15) is 8.78 Å². The zero-order valence-electron chi connectivity index (χ0n) is 6.25. The fourth-order valence-electron chi connectivity index (χ4n) is 0.736. The topological polar surface area (TPSA) is 45.5 Å². The Morgan fingerprint density at radius 2 is 2.17 bits per heavy atom. The quantitative estimate of drug-likeness (QED) is 0.302. The number of oxime groups is 1. The fraction of sp³-hybridized carbons (Fsp3) is 0.143. The molecule has 0 atom stereocenters. The third kappa shape index (κ3) is 1.55. The van der Waals surface area contributed by atoms with Crippen LogP contribution >= 0.6 is 0 Å². The molecular weight excluding hydrogens is 166 g/mol. The van der Waals surface area contributed by atoms with Gasteiger partial charge in [0.1, 0.15) is 0 Å². The van der Waals surface area contributed by atoms with Crippen LogP contribution in [0.3, 0.4) is 0 Å². The summed E-state index contributed by atoms with van der Waals surface area (Å²) in [6.45, 7) is 1.39. The number of nitrogens with zero attached hydrogens (tertiary/aromatic N) is 2. The van der Waals surface area contributed by atoms with Gasteiger partial charge < -0.3 is 5.21 Å². The summed E-state index contributed by atoms with van der Waals surface area (Å²) in [5.74, 6) is -1.88. The maximum absolute atomic E-state index is 12.7. The lowest BCUT2D eigenvalue weighted by Crippen LogP contribution is -2.02. The molecule has 0 aliphatic carbocycles. The van der Waals surface area contributed by atoms with Gasteiger partial charge >= 0.3 is 0 Å². The Bertz CT molecular complexity index is 325. The third-order valence-electron chi connectivity index (χ3n) is 1.35. The van der Waals surface area contributed by atoms with Crippen molar-refractivity contribution in [3.63, 3.8) is 0 Å². The zero-order chi connectivity index (χ0) is 9.14. The molecule has 0 saturated heterocycles. The normalized spacial score (nSPS) is 11.8. The molecular formula is C7H6F2N2O. The Morgan fingerprint density at radius 1 is 1.50 bits per heavy atom. The van der Waals surface area contributed by atoms with Gasteiger partial charge in [-0.3, -0.25) is 0 Å². The highest BCUT2D eigenvalue weighted by Crippen LogP contribution is 2.06. The van der Waals surface area contributed by atoms with E-state index in [0.717, 1.165) is 12.1 Å². The lowest BCUT2D eigenvalue weighted by Gasteiger charge is -1.98. The van der Waals surface area contributed by atoms with E-state index >= 15 is 0 Å². The van der Waals surface area contributed by atoms with Crippen molar-refractivity contribution in [2.75, 3.05) is 0 Å². The molecule has 1 aromatic heterocycles. The van der Waals surface area contributed by atoms with Gasteiger partial charge in [-0.15, -0.1) is 0 Å². The summed E-state index contributed by atoms with van der Waals surface area (Å²) in [5, 5.41) is 11.0. The van der Waals surface area contributed by atoms with E-state index in [1.54, 1.807) is 0 Å². The SMILES string of the molecule is C/C(=N\O)c1ccc(F)nc1F. The standard InChI is InChI=1S/C7H6F2N2O/c1-4(11-12)5-2-3-6(8)10-7(5)9/h2-3,12H,1H3/b11-4+. The summed E-state index contributed by atoms with van der Waals surface area (Å²) in [6.07, 6.45) is 0. The van der Waals surface area contributed by atoms with Crippen molar-refractivity contribution < 1.29 is 14.0 Å². The minimum absolute atomic E-state index is 0.0149. The smallest absolute Gasteiger partial charge is 0.224 e. The van der Waals surface area contributed by atoms with Gasteiger partial charge in [-0.05, 0) is 19.1 Å². The van der Waals surface area contributed by atoms with Crippen LogP contribution in [-0.4, -0.2) is 15.9 Å². The molecule has 0 radical (unpaired) electrons. The van der Waals surface area contributed by atoms with Crippen molar-refractivity contribution in [2.24, 2.45) is 5.16 Å². The second kappa shape index (κ2) is 3.25. The van der Waals surface area contributed by atoms with Crippen LogP contribution in [0.4, 0.5) is 8.78 Å². The molecule has 0 fully saturated rings. The van der Waals surface area contributed by atoms with E-state index in [2.05, 4.69) is 10.1 Å². The molecule has 64 valence electrons. The van der Waals surface area contributed by atoms with Crippen molar-refractivity contribution in [1.29, 1.82) is 0 Å². The predicted molar refractivity (Wildman–Crippen MR) is 38.2 cm³/mol. The Balaban J connectivity index is 3.18. The van der Waals surface area contributed by atoms with E-state index in [1.165, 1.54) is 6.92 Å². The van der Waals surface area contributed by atoms with Crippen molar-refractivity contribution in [1.82, 2.24) is 4.98 Å². The van der Waals surface area contributed by atoms with Crippen molar-refractivity contribution in [3.8, 4) is 0 Å². The van der Waals surface area contributed by atoms with E-state index in [-0.39, 0.29) is 11.3 Å². The monoisotopic (exact) mass is 172 g/mol. The van der Waals surface area contributed by atoms with Gasteiger partial charge in [0.2, 0.25) is 11.9 Å². The first-order valence-corrected chi connectivity index (χ1v) is 3.16. The predicted octanol–water partition coefficient (Wildman–Crippen LogP) is 1.56. The summed E-state index contributed by atoms with van der Waals surface area (Å²) >= 11 is 0. The summed E-state index contributed by atoms with van der Waals surface area (Å²) in [5.41, 5.74) is 0.0406. The van der Waals surface area contributed by atoms with Gasteiger partial charge in [0.25, 0.3) is 0 Å². The second-order valence-corrected chi connectivity index (χ2v) is 2.16. The number of pyridine rings is 1. The highest BCUT2D eigenvalue weighted by atomic mass is 19.1. The largest absolute Gasteiger partial charge is 0.411 e. The highest BCUT2D eigenvalue weighted by molar-refractivity contribution is 5.98. The number of aromatic nitrogens is 1. The van der Waals surface area contributed by atoms with E-state index < -0.39 is 11.9 Å². The number of hydrogen-bond acceptors (Lipinski definition) is 3. The van der Waals surface area contributed by atoms with Crippen molar-refractivity contribution >= 4 is 5.71 Å². The van der Waals surface area contributed by atoms with Gasteiger partial charge in [-0.2, -0.15) is 13.8 Å². The average Bonchev–Trinajstić information content (AvgIpc) is 2.03. The Kier molecular flexibility index (Phi) is 2.32. The van der Waals surface area contributed by atoms with Gasteiger partial charge in [0, 0.05) is 0 Å². The number of rotatable bonds is 1. The van der Waals surface area contributed by atoms with E-state index in [4.69, 9.17) is 5.21 Å². The molecule has 0 saturated carbocycles. The average molecular weight is 172 g/mol. The van der Waals surface area contributed by atoms with Gasteiger partial charge in [-0.25, -0.2) is 0 Å². The van der Waals surface area contributed by atoms with Crippen LogP contribution < -0.4 is 0 Å². The summed E-state index contributed by atoms with van der Waals surface area (Å²) < 4.78 is 25.0. The van der Waals surface area contributed by atoms with Crippen LogP contribution in [0.1, 0.15) is 12.5 Å². The Labute approximate surface area is 67.4 Å². The van der Waals surface area contributed by atoms with Gasteiger partial charge in [0.15, 0.2) is 0 Å². The van der Waals surface area contributed by atoms with Crippen molar-refractivity contribution in [2.45, 2.75) is 6.92 Å². The molecule has 1 heterocycles. The lowest BCUT2D eigenvalue weighted by atomic mass is 10.2. The first-order chi connectivity index (χ1) is 5.65. The summed E-state index contributed by atoms with van der Waals surface area (Å²) in [6, 6.07) is 2.15. The van der Waals surface area contributed by atoms with Crippen LogP contribution in [-0.2, 0) is 0 Å². The molecule has 0 aliphatic heterocycles. The molecule has 1 rings (SSSR count). The minimum atomic E-state index is -0.981. The number of halogens is 2. The maximum atomic E-state index is 12.7. The third-order valence-corrected chi connectivity index (χ3v) is 1.35. The summed E-state index contributed by atoms with van der Waals surface area (Å²) in [4.78, 5) is 2.92. The first-order valence-electron chi connectivity index (χ1n) is 3.16. The van der Waals surface area contributed by atoms with Crippen molar-refractivity contribution in [3.05, 3.63) is 29.6 Å². The van der Waals surface area contributed by atoms with Crippen LogP contribution in [0.5, 0.6) is 0 Å². The molecule has 1 N–H and O–H groups in total. The van der Waals surface area contributed by atoms with E-state index in [1.807, 2.05) is 0 Å². The first kappa shape index (κ1) is 8.58. The van der Waals surface area contributed by atoms with E-state index in [0.29, 0.717) is 0 Å². The van der Waals surface area contributed by atoms with Gasteiger partial charge in [0.05, 0.1) is 11.3 Å². The van der Waals surface area contributed by atoms with Crippen LogP contribution in [0, 0.1) is 11.9 Å². The maximum Gasteiger partial charge on any atom is 0.224 e. The molecule has 0 spiro atoms. The second-order valence-electron chi connectivity index (χ2n) is 2.16. The van der Waals surface area contributed by atoms with Crippen LogP contribution in [0.25, 0.3) is 0 Å². The summed E-state index contributed by atoms with van der Waals surface area (Å²) in [7, 11) is 0. The molecule has 5 heteroatoms. The van der Waals surface area contributed by atoms with Crippen LogP contribution in [0.2, 0.25) is 0 Å². The molecule has 1 aromatic rings. The molecule has 0 unspecified atom stereocenters. The zero-order valence-corrected chi connectivity index (χ0v) is 6.25.